The second-order valence-corrected chi connectivity index (χ2v) is 7.00. The van der Waals surface area contributed by atoms with Gasteiger partial charge in [0.15, 0.2) is 0 Å². The Balaban J connectivity index is 2.32. The summed E-state index contributed by atoms with van der Waals surface area (Å²) >= 11 is 0. The smallest absolute Gasteiger partial charge is 0.304 e. The van der Waals surface area contributed by atoms with Crippen LogP contribution in [0.15, 0.2) is 23.1 Å². The van der Waals surface area contributed by atoms with Crippen molar-refractivity contribution in [3.05, 3.63) is 34.1 Å². The van der Waals surface area contributed by atoms with Crippen LogP contribution in [0.25, 0.3) is 0 Å². The van der Waals surface area contributed by atoms with E-state index in [0.29, 0.717) is 12.5 Å². The maximum atomic E-state index is 13.6. The highest BCUT2D eigenvalue weighted by Crippen LogP contribution is 2.26. The lowest BCUT2D eigenvalue weighted by Crippen LogP contribution is -2.44. The van der Waals surface area contributed by atoms with E-state index >= 15 is 0 Å². The van der Waals surface area contributed by atoms with Crippen LogP contribution in [0.2, 0.25) is 0 Å². The van der Waals surface area contributed by atoms with Crippen molar-refractivity contribution in [2.24, 2.45) is 5.92 Å². The Hall–Kier alpha value is -1.58. The number of nitro benzene ring substituents is 1. The van der Waals surface area contributed by atoms with E-state index < -0.39 is 32.6 Å². The Bertz CT molecular complexity index is 664. The largest absolute Gasteiger partial charge is 0.393 e. The van der Waals surface area contributed by atoms with Crippen molar-refractivity contribution in [3.8, 4) is 0 Å². The summed E-state index contributed by atoms with van der Waals surface area (Å²) in [7, 11) is -3.92. The molecule has 1 aromatic rings. The molecule has 0 radical (unpaired) electrons. The molecular weight excluding hydrogens is 303 g/mol. The van der Waals surface area contributed by atoms with Gasteiger partial charge >= 0.3 is 5.69 Å². The SMILES string of the molecule is CC1CN(S(=O)(=O)c2ccc([N+](=O)[O-])c(F)c2)CCC1O. The van der Waals surface area contributed by atoms with E-state index in [2.05, 4.69) is 0 Å². The molecule has 0 bridgehead atoms. The number of piperidine rings is 1. The predicted molar refractivity (Wildman–Crippen MR) is 71.6 cm³/mol. The molecule has 7 nitrogen and oxygen atoms in total. The quantitative estimate of drug-likeness (QED) is 0.665. The molecule has 1 heterocycles. The lowest BCUT2D eigenvalue weighted by molar-refractivity contribution is -0.387. The molecule has 2 rings (SSSR count). The van der Waals surface area contributed by atoms with Crippen LogP contribution in [0.3, 0.4) is 0 Å². The van der Waals surface area contributed by atoms with E-state index in [-0.39, 0.29) is 23.9 Å². The molecule has 1 fully saturated rings. The summed E-state index contributed by atoms with van der Waals surface area (Å²) in [5, 5.41) is 20.2. The van der Waals surface area contributed by atoms with E-state index in [1.165, 1.54) is 0 Å². The van der Waals surface area contributed by atoms with Crippen LogP contribution in [0.1, 0.15) is 13.3 Å². The van der Waals surface area contributed by atoms with Gasteiger partial charge in [-0.05, 0) is 18.4 Å². The monoisotopic (exact) mass is 318 g/mol. The highest BCUT2D eigenvalue weighted by Gasteiger charge is 2.33. The number of nitro groups is 1. The zero-order valence-corrected chi connectivity index (χ0v) is 12.1. The minimum atomic E-state index is -3.92. The molecule has 0 aromatic heterocycles. The van der Waals surface area contributed by atoms with Crippen molar-refractivity contribution in [1.82, 2.24) is 4.31 Å². The van der Waals surface area contributed by atoms with E-state index in [1.54, 1.807) is 6.92 Å². The zero-order valence-electron chi connectivity index (χ0n) is 11.3. The zero-order chi connectivity index (χ0) is 15.8. The van der Waals surface area contributed by atoms with Crippen molar-refractivity contribution in [2.75, 3.05) is 13.1 Å². The van der Waals surface area contributed by atoms with E-state index in [4.69, 9.17) is 0 Å². The lowest BCUT2D eigenvalue weighted by atomic mass is 9.99. The van der Waals surface area contributed by atoms with Crippen LogP contribution in [-0.2, 0) is 10.0 Å². The summed E-state index contributed by atoms with van der Waals surface area (Å²) in [5.74, 6) is -1.41. The van der Waals surface area contributed by atoms with Crippen LogP contribution in [0.5, 0.6) is 0 Å². The molecule has 1 aromatic carbocycles. The molecule has 2 atom stereocenters. The standard InChI is InChI=1S/C12H15FN2O5S/c1-8-7-14(5-4-12(8)16)21(19,20)9-2-3-11(15(17)18)10(13)6-9/h2-3,6,8,12,16H,4-5,7H2,1H3. The first kappa shape index (κ1) is 15.8. The molecule has 1 N–H and O–H groups in total. The number of aliphatic hydroxyl groups is 1. The number of sulfonamides is 1. The Kier molecular flexibility index (Phi) is 4.26. The number of nitrogens with zero attached hydrogens (tertiary/aromatic N) is 2. The fraction of sp³-hybridized carbons (Fsp3) is 0.500. The number of halogens is 1. The summed E-state index contributed by atoms with van der Waals surface area (Å²) in [6, 6.07) is 2.51. The minimum Gasteiger partial charge on any atom is -0.393 e. The Labute approximate surface area is 121 Å². The normalized spacial score (nSPS) is 24.0. The molecule has 2 unspecified atom stereocenters. The van der Waals surface area contributed by atoms with Gasteiger partial charge in [0, 0.05) is 25.2 Å². The Morgan fingerprint density at radius 3 is 2.67 bits per heavy atom. The average Bonchev–Trinajstić information content (AvgIpc) is 2.41. The van der Waals surface area contributed by atoms with Crippen molar-refractivity contribution < 1.29 is 22.8 Å². The van der Waals surface area contributed by atoms with Gasteiger partial charge in [0.25, 0.3) is 0 Å². The van der Waals surface area contributed by atoms with Gasteiger partial charge in [-0.1, -0.05) is 6.92 Å². The summed E-state index contributed by atoms with van der Waals surface area (Å²) < 4.78 is 39.5. The maximum Gasteiger partial charge on any atom is 0.304 e. The fourth-order valence-electron chi connectivity index (χ4n) is 2.26. The fourth-order valence-corrected chi connectivity index (χ4v) is 3.83. The molecule has 1 aliphatic rings. The molecule has 0 aliphatic carbocycles. The number of rotatable bonds is 3. The summed E-state index contributed by atoms with van der Waals surface area (Å²) in [6.45, 7) is 1.98. The highest BCUT2D eigenvalue weighted by atomic mass is 32.2. The van der Waals surface area contributed by atoms with Gasteiger partial charge < -0.3 is 5.11 Å². The third-order valence-electron chi connectivity index (χ3n) is 3.58. The van der Waals surface area contributed by atoms with Crippen LogP contribution < -0.4 is 0 Å². The summed E-state index contributed by atoms with van der Waals surface area (Å²) in [5.41, 5.74) is -0.767. The van der Waals surface area contributed by atoms with E-state index in [9.17, 15) is 28.0 Å². The second kappa shape index (κ2) is 5.66. The van der Waals surface area contributed by atoms with Crippen molar-refractivity contribution in [3.63, 3.8) is 0 Å². The third-order valence-corrected chi connectivity index (χ3v) is 5.44. The molecule has 116 valence electrons. The lowest BCUT2D eigenvalue weighted by Gasteiger charge is -2.33. The van der Waals surface area contributed by atoms with Gasteiger partial charge in [-0.2, -0.15) is 8.70 Å². The van der Waals surface area contributed by atoms with Crippen LogP contribution in [-0.4, -0.2) is 41.9 Å². The minimum absolute atomic E-state index is 0.127. The first-order chi connectivity index (χ1) is 9.73. The molecular formula is C12H15FN2O5S. The van der Waals surface area contributed by atoms with Crippen molar-refractivity contribution in [2.45, 2.75) is 24.3 Å². The number of aliphatic hydroxyl groups excluding tert-OH is 1. The van der Waals surface area contributed by atoms with Crippen LogP contribution in [0, 0.1) is 21.8 Å². The van der Waals surface area contributed by atoms with Gasteiger partial charge in [-0.15, -0.1) is 0 Å². The molecule has 1 saturated heterocycles. The molecule has 0 saturated carbocycles. The summed E-state index contributed by atoms with van der Waals surface area (Å²) in [6.07, 6.45) is -0.263. The molecule has 0 spiro atoms. The molecule has 21 heavy (non-hydrogen) atoms. The number of hydrogen-bond acceptors (Lipinski definition) is 5. The molecule has 0 amide bonds. The van der Waals surface area contributed by atoms with Gasteiger partial charge in [0.2, 0.25) is 15.8 Å². The first-order valence-corrected chi connectivity index (χ1v) is 7.79. The van der Waals surface area contributed by atoms with Gasteiger partial charge in [0.1, 0.15) is 0 Å². The predicted octanol–water partition coefficient (Wildman–Crippen LogP) is 1.13. The first-order valence-electron chi connectivity index (χ1n) is 6.35. The highest BCUT2D eigenvalue weighted by molar-refractivity contribution is 7.89. The van der Waals surface area contributed by atoms with Gasteiger partial charge in [-0.25, -0.2) is 8.42 Å². The van der Waals surface area contributed by atoms with Gasteiger partial charge in [-0.3, -0.25) is 10.1 Å². The third kappa shape index (κ3) is 3.04. The van der Waals surface area contributed by atoms with E-state index in [1.807, 2.05) is 0 Å². The maximum absolute atomic E-state index is 13.6. The molecule has 9 heteroatoms. The van der Waals surface area contributed by atoms with E-state index in [0.717, 1.165) is 16.4 Å². The van der Waals surface area contributed by atoms with Crippen LogP contribution in [0.4, 0.5) is 10.1 Å². The average molecular weight is 318 g/mol. The Morgan fingerprint density at radius 1 is 1.48 bits per heavy atom. The number of hydrogen-bond donors (Lipinski definition) is 1. The second-order valence-electron chi connectivity index (χ2n) is 5.07. The van der Waals surface area contributed by atoms with Gasteiger partial charge in [0.05, 0.1) is 15.9 Å². The van der Waals surface area contributed by atoms with Crippen molar-refractivity contribution in [1.29, 1.82) is 0 Å². The Morgan fingerprint density at radius 2 is 2.14 bits per heavy atom. The molecule has 1 aliphatic heterocycles. The topological polar surface area (TPSA) is 101 Å². The van der Waals surface area contributed by atoms with Crippen molar-refractivity contribution >= 4 is 15.7 Å². The summed E-state index contributed by atoms with van der Waals surface area (Å²) in [4.78, 5) is 9.30. The van der Waals surface area contributed by atoms with Crippen LogP contribution >= 0.6 is 0 Å². The number of benzene rings is 1.